The van der Waals surface area contributed by atoms with Gasteiger partial charge in [-0.3, -0.25) is 9.13 Å². The molecule has 0 aliphatic carbocycles. The van der Waals surface area contributed by atoms with E-state index in [1.54, 1.807) is 0 Å². The Morgan fingerprint density at radius 3 is 1.00 bits per heavy atom. The number of rotatable bonds is 9. The fourth-order valence-electron chi connectivity index (χ4n) is 9.28. The van der Waals surface area contributed by atoms with Crippen molar-refractivity contribution in [1.82, 2.24) is 29.1 Å². The van der Waals surface area contributed by atoms with Crippen LogP contribution in [-0.2, 0) is 0 Å². The van der Waals surface area contributed by atoms with Gasteiger partial charge in [-0.15, -0.1) is 0 Å². The first-order chi connectivity index (χ1) is 32.8. The number of pyridine rings is 2. The summed E-state index contributed by atoms with van der Waals surface area (Å²) >= 11 is 0. The number of aromatic nitrogens is 6. The van der Waals surface area contributed by atoms with Crippen LogP contribution in [0.25, 0.3) is 112 Å². The maximum atomic E-state index is 5.30. The SMILES string of the molecule is c1ccc(-c2cc(-c3nc4cccnc4n3-c3ccccc3-c3ccccc3)ccc2-c2ccc(-c3nc4cccnc4n3-c3ccccc3-c3ccccc3)cc2-c2ccccc2)cc1. The van der Waals surface area contributed by atoms with Crippen molar-refractivity contribution < 1.29 is 0 Å². The molecular weight excluding hydrogens is 805 g/mol. The third kappa shape index (κ3) is 6.85. The third-order valence-electron chi connectivity index (χ3n) is 12.3. The minimum atomic E-state index is 0.802. The molecule has 0 N–H and O–H groups in total. The lowest BCUT2D eigenvalue weighted by atomic mass is 9.87. The average molecular weight is 845 g/mol. The summed E-state index contributed by atoms with van der Waals surface area (Å²) in [5.74, 6) is 1.63. The van der Waals surface area contributed by atoms with Gasteiger partial charge >= 0.3 is 0 Å². The lowest BCUT2D eigenvalue weighted by Gasteiger charge is -2.19. The van der Waals surface area contributed by atoms with E-state index in [1.807, 2.05) is 36.7 Å². The molecule has 4 aromatic heterocycles. The van der Waals surface area contributed by atoms with Crippen molar-refractivity contribution in [2.75, 3.05) is 0 Å². The van der Waals surface area contributed by atoms with E-state index in [4.69, 9.17) is 19.9 Å². The van der Waals surface area contributed by atoms with Gasteiger partial charge in [0, 0.05) is 34.6 Å². The fourth-order valence-corrected chi connectivity index (χ4v) is 9.28. The highest BCUT2D eigenvalue weighted by Crippen LogP contribution is 2.44. The van der Waals surface area contributed by atoms with E-state index in [-0.39, 0.29) is 0 Å². The Kier molecular flexibility index (Phi) is 9.73. The van der Waals surface area contributed by atoms with Crippen LogP contribution in [0.15, 0.2) is 243 Å². The second kappa shape index (κ2) is 16.6. The van der Waals surface area contributed by atoms with Gasteiger partial charge in [-0.05, 0) is 93.0 Å². The van der Waals surface area contributed by atoms with Gasteiger partial charge in [0.1, 0.15) is 22.7 Å². The molecule has 0 saturated carbocycles. The Morgan fingerprint density at radius 1 is 0.258 bits per heavy atom. The molecule has 0 amide bonds. The van der Waals surface area contributed by atoms with Crippen molar-refractivity contribution in [2.45, 2.75) is 0 Å². The van der Waals surface area contributed by atoms with Crippen LogP contribution in [0.1, 0.15) is 0 Å². The molecule has 0 spiro atoms. The molecule has 8 aromatic carbocycles. The number of hydrogen-bond acceptors (Lipinski definition) is 4. The van der Waals surface area contributed by atoms with Crippen LogP contribution in [0.4, 0.5) is 0 Å². The molecule has 4 heterocycles. The van der Waals surface area contributed by atoms with E-state index < -0.39 is 0 Å². The molecule has 66 heavy (non-hydrogen) atoms. The van der Waals surface area contributed by atoms with Gasteiger partial charge in [0.2, 0.25) is 0 Å². The number of nitrogens with zero attached hydrogens (tertiary/aromatic N) is 6. The smallest absolute Gasteiger partial charge is 0.164 e. The van der Waals surface area contributed by atoms with Gasteiger partial charge in [0.25, 0.3) is 0 Å². The minimum Gasteiger partial charge on any atom is -0.276 e. The van der Waals surface area contributed by atoms with Gasteiger partial charge in [0.05, 0.1) is 11.4 Å². The van der Waals surface area contributed by atoms with Crippen molar-refractivity contribution in [3.63, 3.8) is 0 Å². The number of imidazole rings is 2. The Hall–Kier alpha value is -9.00. The van der Waals surface area contributed by atoms with Gasteiger partial charge < -0.3 is 0 Å². The summed E-state index contributed by atoms with van der Waals surface area (Å²) in [5, 5.41) is 0. The summed E-state index contributed by atoms with van der Waals surface area (Å²) in [6.45, 7) is 0. The van der Waals surface area contributed by atoms with Crippen LogP contribution in [0, 0.1) is 0 Å². The molecule has 0 atom stereocenters. The standard InChI is InChI=1S/C60H40N6/c1-5-19-41(20-6-1)47-27-13-15-31-55(47)65-57(63-53-29-17-37-61-59(53)65)45-33-35-49(51(39-45)43-23-9-3-10-24-43)50-36-34-46(40-52(50)44-25-11-4-12-26-44)58-64-54-30-18-38-62-60(54)66(58)56-32-16-14-28-48(56)42-21-7-2-8-22-42/h1-40H. The van der Waals surface area contributed by atoms with E-state index in [9.17, 15) is 0 Å². The lowest BCUT2D eigenvalue weighted by molar-refractivity contribution is 1.08. The molecule has 0 unspecified atom stereocenters. The number of fused-ring (bicyclic) bond motifs is 2. The van der Waals surface area contributed by atoms with E-state index in [1.165, 1.54) is 0 Å². The van der Waals surface area contributed by atoms with Crippen molar-refractivity contribution in [3.8, 4) is 89.8 Å². The molecule has 12 aromatic rings. The molecule has 12 rings (SSSR count). The van der Waals surface area contributed by atoms with Crippen molar-refractivity contribution in [3.05, 3.63) is 243 Å². The molecule has 6 heteroatoms. The zero-order valence-corrected chi connectivity index (χ0v) is 35.8. The maximum absolute atomic E-state index is 5.30. The van der Waals surface area contributed by atoms with Gasteiger partial charge in [-0.2, -0.15) is 0 Å². The maximum Gasteiger partial charge on any atom is 0.164 e. The summed E-state index contributed by atoms with van der Waals surface area (Å²) in [4.78, 5) is 20.4. The molecule has 6 nitrogen and oxygen atoms in total. The first-order valence-corrected chi connectivity index (χ1v) is 22.1. The summed E-state index contributed by atoms with van der Waals surface area (Å²) < 4.78 is 4.42. The molecule has 0 aliphatic rings. The largest absolute Gasteiger partial charge is 0.276 e. The van der Waals surface area contributed by atoms with Crippen LogP contribution in [0.3, 0.4) is 0 Å². The second-order valence-corrected chi connectivity index (χ2v) is 16.3. The Labute approximate surface area is 382 Å². The zero-order valence-electron chi connectivity index (χ0n) is 35.8. The normalized spacial score (nSPS) is 11.3. The number of hydrogen-bond donors (Lipinski definition) is 0. The highest BCUT2D eigenvalue weighted by Gasteiger charge is 2.23. The molecule has 0 aliphatic heterocycles. The third-order valence-corrected chi connectivity index (χ3v) is 12.3. The first-order valence-electron chi connectivity index (χ1n) is 22.1. The van der Waals surface area contributed by atoms with Gasteiger partial charge in [0.15, 0.2) is 11.3 Å². The first kappa shape index (κ1) is 38.7. The Bertz CT molecular complexity index is 3440. The van der Waals surface area contributed by atoms with E-state index in [2.05, 4.69) is 215 Å². The minimum absolute atomic E-state index is 0.802. The summed E-state index contributed by atoms with van der Waals surface area (Å²) in [7, 11) is 0. The van der Waals surface area contributed by atoms with Crippen LogP contribution < -0.4 is 0 Å². The van der Waals surface area contributed by atoms with Crippen LogP contribution in [0.2, 0.25) is 0 Å². The molecule has 0 bridgehead atoms. The predicted octanol–water partition coefficient (Wildman–Crippen LogP) is 14.8. The van der Waals surface area contributed by atoms with Crippen LogP contribution >= 0.6 is 0 Å². The highest BCUT2D eigenvalue weighted by atomic mass is 15.1. The monoisotopic (exact) mass is 844 g/mol. The summed E-state index contributed by atoms with van der Waals surface area (Å²) in [5.41, 5.74) is 18.3. The van der Waals surface area contributed by atoms with Crippen LogP contribution in [-0.4, -0.2) is 29.1 Å². The summed E-state index contributed by atoms with van der Waals surface area (Å²) in [6.07, 6.45) is 3.69. The molecule has 0 radical (unpaired) electrons. The highest BCUT2D eigenvalue weighted by molar-refractivity contribution is 5.96. The average Bonchev–Trinajstić information content (AvgIpc) is 3.99. The van der Waals surface area contributed by atoms with Gasteiger partial charge in [-0.1, -0.05) is 182 Å². The molecular formula is C60H40N6. The Morgan fingerprint density at radius 2 is 0.606 bits per heavy atom. The zero-order chi connectivity index (χ0) is 43.8. The molecule has 0 saturated heterocycles. The quantitative estimate of drug-likeness (QED) is 0.145. The topological polar surface area (TPSA) is 61.4 Å². The Balaban J connectivity index is 1.07. The number of benzene rings is 8. The summed E-state index contributed by atoms with van der Waals surface area (Å²) in [6, 6.07) is 80.9. The van der Waals surface area contributed by atoms with Crippen molar-refractivity contribution >= 4 is 22.3 Å². The van der Waals surface area contributed by atoms with Gasteiger partial charge in [-0.25, -0.2) is 19.9 Å². The van der Waals surface area contributed by atoms with E-state index in [0.717, 1.165) is 112 Å². The number of para-hydroxylation sites is 2. The van der Waals surface area contributed by atoms with Crippen LogP contribution in [0.5, 0.6) is 0 Å². The molecule has 310 valence electrons. The predicted molar refractivity (Wildman–Crippen MR) is 269 cm³/mol. The van der Waals surface area contributed by atoms with Crippen molar-refractivity contribution in [2.24, 2.45) is 0 Å². The lowest BCUT2D eigenvalue weighted by Crippen LogP contribution is -2.02. The van der Waals surface area contributed by atoms with E-state index >= 15 is 0 Å². The van der Waals surface area contributed by atoms with Crippen molar-refractivity contribution in [1.29, 1.82) is 0 Å². The second-order valence-electron chi connectivity index (χ2n) is 16.3. The fraction of sp³-hybridized carbons (Fsp3) is 0. The molecule has 0 fully saturated rings. The van der Waals surface area contributed by atoms with E-state index in [0.29, 0.717) is 0 Å².